The van der Waals surface area contributed by atoms with E-state index in [1.54, 1.807) is 4.90 Å². The fourth-order valence-electron chi connectivity index (χ4n) is 5.82. The number of likely N-dealkylation sites (N-methyl/N-ethyl adjacent to an activating group) is 1. The van der Waals surface area contributed by atoms with Gasteiger partial charge in [-0.2, -0.15) is 10.4 Å². The Kier molecular flexibility index (Phi) is 6.02. The van der Waals surface area contributed by atoms with Crippen LogP contribution in [0, 0.1) is 17.2 Å². The van der Waals surface area contributed by atoms with Gasteiger partial charge in [-0.1, -0.05) is 31.2 Å². The third-order valence-corrected chi connectivity index (χ3v) is 8.15. The number of aromatic nitrogens is 2. The Morgan fingerprint density at radius 2 is 1.78 bits per heavy atom. The third-order valence-electron chi connectivity index (χ3n) is 8.15. The molecule has 3 aliphatic rings. The summed E-state index contributed by atoms with van der Waals surface area (Å²) in [5.41, 5.74) is 6.05. The van der Waals surface area contributed by atoms with E-state index in [1.807, 2.05) is 15.6 Å². The molecular formula is C28H33N7O. The molecule has 0 radical (unpaired) electrons. The number of benzene rings is 1. The minimum absolute atomic E-state index is 0.00534. The second-order valence-electron chi connectivity index (χ2n) is 10.3. The maximum absolute atomic E-state index is 12.7. The molecule has 0 spiro atoms. The Morgan fingerprint density at radius 3 is 2.47 bits per heavy atom. The van der Waals surface area contributed by atoms with E-state index in [2.05, 4.69) is 70.5 Å². The fourth-order valence-corrected chi connectivity index (χ4v) is 5.82. The van der Waals surface area contributed by atoms with Crippen LogP contribution in [0.2, 0.25) is 0 Å². The first-order chi connectivity index (χ1) is 17.6. The number of carbonyl (C=O) groups excluding carboxylic acids is 1. The Labute approximate surface area is 212 Å². The summed E-state index contributed by atoms with van der Waals surface area (Å²) in [6, 6.07) is 15.7. The van der Waals surface area contributed by atoms with Gasteiger partial charge in [0.2, 0.25) is 0 Å². The van der Waals surface area contributed by atoms with E-state index in [4.69, 9.17) is 5.26 Å². The maximum atomic E-state index is 12.7. The van der Waals surface area contributed by atoms with Crippen molar-refractivity contribution in [2.24, 2.45) is 5.92 Å². The molecule has 5 heterocycles. The first kappa shape index (κ1) is 22.9. The summed E-state index contributed by atoms with van der Waals surface area (Å²) in [7, 11) is 0. The van der Waals surface area contributed by atoms with Gasteiger partial charge in [0.25, 0.3) is 0 Å². The number of rotatable bonds is 4. The molecule has 6 rings (SSSR count). The number of piperazine rings is 1. The number of amides is 2. The number of fused-ring (bicyclic) bond motifs is 1. The third kappa shape index (κ3) is 4.18. The highest BCUT2D eigenvalue weighted by molar-refractivity contribution is 5.80. The van der Waals surface area contributed by atoms with Crippen molar-refractivity contribution in [3.05, 3.63) is 54.4 Å². The molecule has 3 fully saturated rings. The van der Waals surface area contributed by atoms with Crippen LogP contribution in [-0.4, -0.2) is 89.2 Å². The molecule has 2 amide bonds. The average Bonchev–Trinajstić information content (AvgIpc) is 3.55. The van der Waals surface area contributed by atoms with Crippen molar-refractivity contribution in [3.63, 3.8) is 0 Å². The summed E-state index contributed by atoms with van der Waals surface area (Å²) in [5, 5.41) is 13.5. The summed E-state index contributed by atoms with van der Waals surface area (Å²) in [6.07, 6.45) is 5.21. The van der Waals surface area contributed by atoms with E-state index in [0.717, 1.165) is 37.4 Å². The normalized spacial score (nSPS) is 21.1. The number of carbonyl (C=O) groups is 1. The van der Waals surface area contributed by atoms with Crippen molar-refractivity contribution >= 4 is 17.2 Å². The van der Waals surface area contributed by atoms with E-state index in [1.165, 1.54) is 29.7 Å². The SMILES string of the molecule is CCN1CC[C@H](c2ccc(-c3cc4c(N5CCN(C(=O)N6CC(C#N)C6)CC5)ccnn4c3)cc2)C1. The van der Waals surface area contributed by atoms with Crippen molar-refractivity contribution in [2.45, 2.75) is 19.3 Å². The van der Waals surface area contributed by atoms with E-state index in [9.17, 15) is 4.79 Å². The number of nitrogens with zero attached hydrogens (tertiary/aromatic N) is 7. The van der Waals surface area contributed by atoms with Crippen LogP contribution in [-0.2, 0) is 0 Å². The zero-order chi connectivity index (χ0) is 24.6. The highest BCUT2D eigenvalue weighted by atomic mass is 16.2. The number of anilines is 1. The van der Waals surface area contributed by atoms with Crippen LogP contribution in [0.4, 0.5) is 10.5 Å². The molecule has 3 aromatic rings. The van der Waals surface area contributed by atoms with Gasteiger partial charge in [-0.25, -0.2) is 9.31 Å². The maximum Gasteiger partial charge on any atom is 0.320 e. The summed E-state index contributed by atoms with van der Waals surface area (Å²) in [6.45, 7) is 9.80. The van der Waals surface area contributed by atoms with Gasteiger partial charge in [0, 0.05) is 63.8 Å². The predicted octanol–water partition coefficient (Wildman–Crippen LogP) is 3.51. The van der Waals surface area contributed by atoms with Crippen LogP contribution >= 0.6 is 0 Å². The molecule has 0 saturated carbocycles. The molecule has 0 bridgehead atoms. The van der Waals surface area contributed by atoms with E-state index in [0.29, 0.717) is 32.1 Å². The molecule has 2 aromatic heterocycles. The second kappa shape index (κ2) is 9.47. The summed E-state index contributed by atoms with van der Waals surface area (Å²) >= 11 is 0. The standard InChI is InChI=1S/C28H33N7O/c1-2-31-10-8-24(19-31)22-3-5-23(6-4-22)25-15-27-26(7-9-30-35(27)20-25)32-11-13-33(14-12-32)28(36)34-17-21(16-29)18-34/h3-7,9,15,20-21,24H,2,8,10-14,17-19H2,1H3/t24-/m0/s1. The molecule has 3 saturated heterocycles. The number of nitriles is 1. The molecule has 186 valence electrons. The molecule has 0 aliphatic carbocycles. The molecule has 1 atom stereocenters. The lowest BCUT2D eigenvalue weighted by atomic mass is 9.96. The minimum atomic E-state index is -0.00534. The molecule has 1 aromatic carbocycles. The Bertz CT molecular complexity index is 1280. The minimum Gasteiger partial charge on any atom is -0.366 e. The number of hydrogen-bond acceptors (Lipinski definition) is 5. The lowest BCUT2D eigenvalue weighted by molar-refractivity contribution is 0.106. The van der Waals surface area contributed by atoms with Gasteiger partial charge in [-0.15, -0.1) is 0 Å². The highest BCUT2D eigenvalue weighted by Crippen LogP contribution is 2.32. The van der Waals surface area contributed by atoms with Crippen LogP contribution < -0.4 is 4.90 Å². The van der Waals surface area contributed by atoms with Crippen molar-refractivity contribution in [1.29, 1.82) is 5.26 Å². The predicted molar refractivity (Wildman–Crippen MR) is 140 cm³/mol. The van der Waals surface area contributed by atoms with Crippen molar-refractivity contribution in [1.82, 2.24) is 24.3 Å². The smallest absolute Gasteiger partial charge is 0.320 e. The zero-order valence-corrected chi connectivity index (χ0v) is 20.9. The molecule has 3 aliphatic heterocycles. The largest absolute Gasteiger partial charge is 0.366 e. The second-order valence-corrected chi connectivity index (χ2v) is 10.3. The van der Waals surface area contributed by atoms with Crippen LogP contribution in [0.5, 0.6) is 0 Å². The van der Waals surface area contributed by atoms with Gasteiger partial charge in [0.05, 0.1) is 23.2 Å². The van der Waals surface area contributed by atoms with Crippen molar-refractivity contribution in [2.75, 3.05) is 63.8 Å². The summed E-state index contributed by atoms with van der Waals surface area (Å²) in [5.74, 6) is 0.633. The molecule has 36 heavy (non-hydrogen) atoms. The van der Waals surface area contributed by atoms with Crippen LogP contribution in [0.3, 0.4) is 0 Å². The summed E-state index contributed by atoms with van der Waals surface area (Å²) < 4.78 is 1.97. The molecule has 0 N–H and O–H groups in total. The van der Waals surface area contributed by atoms with Gasteiger partial charge in [0.1, 0.15) is 0 Å². The van der Waals surface area contributed by atoms with Gasteiger partial charge in [0.15, 0.2) is 0 Å². The molecular weight excluding hydrogens is 450 g/mol. The van der Waals surface area contributed by atoms with Crippen LogP contribution in [0.1, 0.15) is 24.8 Å². The van der Waals surface area contributed by atoms with Gasteiger partial charge in [-0.05, 0) is 48.7 Å². The molecule has 0 unspecified atom stereocenters. The number of hydrogen-bond donors (Lipinski definition) is 0. The molecule has 8 nitrogen and oxygen atoms in total. The fraction of sp³-hybridized carbons (Fsp3) is 0.464. The molecule has 8 heteroatoms. The zero-order valence-electron chi connectivity index (χ0n) is 20.9. The quantitative estimate of drug-likeness (QED) is 0.568. The van der Waals surface area contributed by atoms with Gasteiger partial charge in [-0.3, -0.25) is 0 Å². The lowest BCUT2D eigenvalue weighted by Crippen LogP contribution is -2.58. The number of urea groups is 1. The highest BCUT2D eigenvalue weighted by Gasteiger charge is 2.34. The van der Waals surface area contributed by atoms with Crippen LogP contribution in [0.15, 0.2) is 48.8 Å². The Morgan fingerprint density at radius 1 is 1.00 bits per heavy atom. The van der Waals surface area contributed by atoms with Gasteiger partial charge >= 0.3 is 6.03 Å². The van der Waals surface area contributed by atoms with Crippen LogP contribution in [0.25, 0.3) is 16.6 Å². The van der Waals surface area contributed by atoms with Crippen molar-refractivity contribution in [3.8, 4) is 17.2 Å². The first-order valence-corrected chi connectivity index (χ1v) is 13.1. The lowest BCUT2D eigenvalue weighted by Gasteiger charge is -2.42. The summed E-state index contributed by atoms with van der Waals surface area (Å²) in [4.78, 5) is 21.3. The number of likely N-dealkylation sites (tertiary alicyclic amines) is 2. The topological polar surface area (TPSA) is 71.1 Å². The first-order valence-electron chi connectivity index (χ1n) is 13.1. The van der Waals surface area contributed by atoms with E-state index < -0.39 is 0 Å². The van der Waals surface area contributed by atoms with Crippen molar-refractivity contribution < 1.29 is 4.79 Å². The monoisotopic (exact) mass is 483 g/mol. The van der Waals surface area contributed by atoms with Gasteiger partial charge < -0.3 is 19.6 Å². The Balaban J connectivity index is 1.15. The van der Waals surface area contributed by atoms with E-state index in [-0.39, 0.29) is 11.9 Å². The average molecular weight is 484 g/mol. The van der Waals surface area contributed by atoms with E-state index >= 15 is 0 Å². The Hall–Kier alpha value is -3.57.